The molecule has 3 rings (SSSR count). The molecule has 0 saturated carbocycles. The lowest BCUT2D eigenvalue weighted by Crippen LogP contribution is -2.23. The van der Waals surface area contributed by atoms with E-state index in [-0.39, 0.29) is 0 Å². The molecule has 3 aromatic rings. The van der Waals surface area contributed by atoms with Crippen LogP contribution in [-0.4, -0.2) is 25.2 Å². The minimum Gasteiger partial charge on any atom is -0.383 e. The molecule has 0 amide bonds. The molecule has 0 spiro atoms. The third-order valence-corrected chi connectivity index (χ3v) is 4.40. The maximum atomic E-state index is 5.05. The SMILES string of the molecule is COCCNCc1ccc(N(Cc2ccccc2)Cc2ccccc2)cn1. The Morgan fingerprint density at radius 3 is 2.00 bits per heavy atom. The summed E-state index contributed by atoms with van der Waals surface area (Å²) >= 11 is 0. The first-order chi connectivity index (χ1) is 13.3. The molecule has 0 unspecified atom stereocenters. The average Bonchev–Trinajstić information content (AvgIpc) is 2.73. The van der Waals surface area contributed by atoms with Crippen LogP contribution in [0.2, 0.25) is 0 Å². The molecule has 0 aliphatic rings. The van der Waals surface area contributed by atoms with Crippen molar-refractivity contribution in [2.24, 2.45) is 0 Å². The second kappa shape index (κ2) is 10.5. The van der Waals surface area contributed by atoms with Crippen LogP contribution in [0.15, 0.2) is 79.0 Å². The maximum Gasteiger partial charge on any atom is 0.0587 e. The van der Waals surface area contributed by atoms with E-state index in [0.29, 0.717) is 6.61 Å². The van der Waals surface area contributed by atoms with Gasteiger partial charge < -0.3 is 15.0 Å². The van der Waals surface area contributed by atoms with Crippen molar-refractivity contribution in [3.63, 3.8) is 0 Å². The molecule has 4 heteroatoms. The zero-order valence-electron chi connectivity index (χ0n) is 15.8. The number of hydrogen-bond donors (Lipinski definition) is 1. The van der Waals surface area contributed by atoms with Crippen LogP contribution in [0.4, 0.5) is 5.69 Å². The molecule has 0 bridgehead atoms. The molecule has 0 aliphatic carbocycles. The molecule has 140 valence electrons. The maximum absolute atomic E-state index is 5.05. The van der Waals surface area contributed by atoms with Crippen molar-refractivity contribution in [2.75, 3.05) is 25.2 Å². The van der Waals surface area contributed by atoms with Gasteiger partial charge in [0.25, 0.3) is 0 Å². The lowest BCUT2D eigenvalue weighted by Gasteiger charge is -2.25. The predicted octanol–water partition coefficient (Wildman–Crippen LogP) is 4.02. The molecule has 0 radical (unpaired) electrons. The Bertz CT molecular complexity index is 734. The molecule has 0 atom stereocenters. The first-order valence-electron chi connectivity index (χ1n) is 9.32. The minimum atomic E-state index is 0.708. The van der Waals surface area contributed by atoms with Gasteiger partial charge in [0, 0.05) is 33.3 Å². The van der Waals surface area contributed by atoms with Crippen LogP contribution in [0, 0.1) is 0 Å². The second-order valence-corrected chi connectivity index (χ2v) is 6.50. The summed E-state index contributed by atoms with van der Waals surface area (Å²) in [5.41, 5.74) is 4.75. The summed E-state index contributed by atoms with van der Waals surface area (Å²) in [4.78, 5) is 7.00. The molecule has 4 nitrogen and oxygen atoms in total. The molecule has 1 heterocycles. The Morgan fingerprint density at radius 2 is 1.48 bits per heavy atom. The fourth-order valence-electron chi connectivity index (χ4n) is 2.95. The summed E-state index contributed by atoms with van der Waals surface area (Å²) in [7, 11) is 1.71. The standard InChI is InChI=1S/C23H27N3O/c1-27-15-14-24-16-22-12-13-23(17-25-22)26(18-20-8-4-2-5-9-20)19-21-10-6-3-7-11-21/h2-13,17,24H,14-16,18-19H2,1H3. The number of methoxy groups -OCH3 is 1. The molecule has 0 aliphatic heterocycles. The van der Waals surface area contributed by atoms with Gasteiger partial charge in [-0.05, 0) is 23.3 Å². The highest BCUT2D eigenvalue weighted by atomic mass is 16.5. The van der Waals surface area contributed by atoms with Crippen LogP contribution >= 0.6 is 0 Å². The fraction of sp³-hybridized carbons (Fsp3) is 0.261. The van der Waals surface area contributed by atoms with Gasteiger partial charge in [-0.1, -0.05) is 60.7 Å². The Labute approximate surface area is 161 Å². The van der Waals surface area contributed by atoms with Crippen molar-refractivity contribution in [1.82, 2.24) is 10.3 Å². The zero-order chi connectivity index (χ0) is 18.7. The van der Waals surface area contributed by atoms with Gasteiger partial charge in [0.1, 0.15) is 0 Å². The third kappa shape index (κ3) is 6.20. The highest BCUT2D eigenvalue weighted by molar-refractivity contribution is 5.46. The minimum absolute atomic E-state index is 0.708. The normalized spacial score (nSPS) is 10.7. The number of aromatic nitrogens is 1. The average molecular weight is 361 g/mol. The topological polar surface area (TPSA) is 37.4 Å². The lowest BCUT2D eigenvalue weighted by atomic mass is 10.1. The number of rotatable bonds is 10. The van der Waals surface area contributed by atoms with Crippen LogP contribution < -0.4 is 10.2 Å². The van der Waals surface area contributed by atoms with Crippen molar-refractivity contribution in [3.8, 4) is 0 Å². The van der Waals surface area contributed by atoms with E-state index in [0.717, 1.165) is 37.6 Å². The first kappa shape index (κ1) is 19.1. The number of ether oxygens (including phenoxy) is 1. The predicted molar refractivity (Wildman–Crippen MR) is 111 cm³/mol. The number of nitrogens with zero attached hydrogens (tertiary/aromatic N) is 2. The highest BCUT2D eigenvalue weighted by Crippen LogP contribution is 2.20. The van der Waals surface area contributed by atoms with Gasteiger partial charge in [-0.3, -0.25) is 4.98 Å². The fourth-order valence-corrected chi connectivity index (χ4v) is 2.95. The van der Waals surface area contributed by atoms with Crippen molar-refractivity contribution >= 4 is 5.69 Å². The summed E-state index contributed by atoms with van der Waals surface area (Å²) in [5, 5.41) is 3.33. The zero-order valence-corrected chi connectivity index (χ0v) is 15.8. The van der Waals surface area contributed by atoms with Crippen LogP contribution in [0.3, 0.4) is 0 Å². The first-order valence-corrected chi connectivity index (χ1v) is 9.32. The molecule has 27 heavy (non-hydrogen) atoms. The molecule has 2 aromatic carbocycles. The lowest BCUT2D eigenvalue weighted by molar-refractivity contribution is 0.199. The van der Waals surface area contributed by atoms with Gasteiger partial charge in [-0.2, -0.15) is 0 Å². The largest absolute Gasteiger partial charge is 0.383 e. The summed E-state index contributed by atoms with van der Waals surface area (Å²) in [6.07, 6.45) is 1.97. The Balaban J connectivity index is 1.71. The smallest absolute Gasteiger partial charge is 0.0587 e. The number of benzene rings is 2. The summed E-state index contributed by atoms with van der Waals surface area (Å²) < 4.78 is 5.05. The van der Waals surface area contributed by atoms with Gasteiger partial charge in [-0.15, -0.1) is 0 Å². The number of pyridine rings is 1. The van der Waals surface area contributed by atoms with Crippen LogP contribution in [0.5, 0.6) is 0 Å². The molecule has 0 saturated heterocycles. The van der Waals surface area contributed by atoms with E-state index in [4.69, 9.17) is 4.74 Å². The molecule has 0 fully saturated rings. The van der Waals surface area contributed by atoms with Gasteiger partial charge in [0.05, 0.1) is 24.2 Å². The number of anilines is 1. The van der Waals surface area contributed by atoms with E-state index >= 15 is 0 Å². The van der Waals surface area contributed by atoms with Crippen molar-refractivity contribution in [1.29, 1.82) is 0 Å². The Hall–Kier alpha value is -2.69. The van der Waals surface area contributed by atoms with E-state index < -0.39 is 0 Å². The summed E-state index contributed by atoms with van der Waals surface area (Å²) in [6.45, 7) is 3.99. The van der Waals surface area contributed by atoms with Crippen molar-refractivity contribution in [3.05, 3.63) is 95.8 Å². The van der Waals surface area contributed by atoms with Crippen LogP contribution in [-0.2, 0) is 24.4 Å². The Kier molecular flexibility index (Phi) is 7.39. The summed E-state index contributed by atoms with van der Waals surface area (Å²) in [5.74, 6) is 0. The molecule has 1 N–H and O–H groups in total. The van der Waals surface area contributed by atoms with E-state index in [2.05, 4.69) is 88.0 Å². The van der Waals surface area contributed by atoms with E-state index in [9.17, 15) is 0 Å². The molecular formula is C23H27N3O. The van der Waals surface area contributed by atoms with Gasteiger partial charge in [-0.25, -0.2) is 0 Å². The van der Waals surface area contributed by atoms with Crippen LogP contribution in [0.1, 0.15) is 16.8 Å². The van der Waals surface area contributed by atoms with E-state index in [1.54, 1.807) is 7.11 Å². The molecule has 1 aromatic heterocycles. The molecular weight excluding hydrogens is 334 g/mol. The van der Waals surface area contributed by atoms with E-state index in [1.807, 2.05) is 6.20 Å². The Morgan fingerprint density at radius 1 is 0.852 bits per heavy atom. The number of nitrogens with one attached hydrogen (secondary N) is 1. The second-order valence-electron chi connectivity index (χ2n) is 6.50. The quantitative estimate of drug-likeness (QED) is 0.553. The third-order valence-electron chi connectivity index (χ3n) is 4.40. The van der Waals surface area contributed by atoms with Crippen LogP contribution in [0.25, 0.3) is 0 Å². The van der Waals surface area contributed by atoms with E-state index in [1.165, 1.54) is 11.1 Å². The summed E-state index contributed by atoms with van der Waals surface area (Å²) in [6, 6.07) is 25.4. The highest BCUT2D eigenvalue weighted by Gasteiger charge is 2.09. The van der Waals surface area contributed by atoms with Gasteiger partial charge in [0.15, 0.2) is 0 Å². The monoisotopic (exact) mass is 361 g/mol. The van der Waals surface area contributed by atoms with Crippen molar-refractivity contribution < 1.29 is 4.74 Å². The van der Waals surface area contributed by atoms with Gasteiger partial charge >= 0.3 is 0 Å². The van der Waals surface area contributed by atoms with Gasteiger partial charge in [0.2, 0.25) is 0 Å². The number of hydrogen-bond acceptors (Lipinski definition) is 4. The van der Waals surface area contributed by atoms with Crippen molar-refractivity contribution in [2.45, 2.75) is 19.6 Å².